The van der Waals surface area contributed by atoms with E-state index in [0.29, 0.717) is 18.3 Å². The fraction of sp³-hybridized carbons (Fsp3) is 0.467. The SMILES string of the molecule is CC(C)c1nccc2c1cc1n2CCC1CC=O. The van der Waals surface area contributed by atoms with Crippen LogP contribution in [0.4, 0.5) is 0 Å². The summed E-state index contributed by atoms with van der Waals surface area (Å²) in [6.45, 7) is 5.37. The van der Waals surface area contributed by atoms with Crippen LogP contribution >= 0.6 is 0 Å². The number of aldehydes is 1. The minimum atomic E-state index is 0.398. The monoisotopic (exact) mass is 242 g/mol. The first-order valence-corrected chi connectivity index (χ1v) is 6.64. The molecule has 3 rings (SSSR count). The lowest BCUT2D eigenvalue weighted by Gasteiger charge is -2.06. The summed E-state index contributed by atoms with van der Waals surface area (Å²) < 4.78 is 2.36. The minimum Gasteiger partial charge on any atom is -0.344 e. The molecule has 1 aliphatic heterocycles. The van der Waals surface area contributed by atoms with Gasteiger partial charge in [-0.3, -0.25) is 4.98 Å². The number of hydrogen-bond donors (Lipinski definition) is 0. The van der Waals surface area contributed by atoms with E-state index in [2.05, 4.69) is 35.5 Å². The maximum absolute atomic E-state index is 10.7. The van der Waals surface area contributed by atoms with Crippen molar-refractivity contribution in [3.05, 3.63) is 29.7 Å². The Morgan fingerprint density at radius 1 is 1.56 bits per heavy atom. The van der Waals surface area contributed by atoms with Crippen molar-refractivity contribution in [2.24, 2.45) is 0 Å². The summed E-state index contributed by atoms with van der Waals surface area (Å²) in [5, 5.41) is 1.26. The van der Waals surface area contributed by atoms with Gasteiger partial charge in [0.1, 0.15) is 6.29 Å². The van der Waals surface area contributed by atoms with Crippen molar-refractivity contribution in [2.45, 2.75) is 45.1 Å². The molecule has 3 heterocycles. The van der Waals surface area contributed by atoms with Crippen LogP contribution in [0.15, 0.2) is 18.3 Å². The Kier molecular flexibility index (Phi) is 2.69. The topological polar surface area (TPSA) is 34.9 Å². The van der Waals surface area contributed by atoms with Crippen LogP contribution in [0.1, 0.15) is 49.9 Å². The lowest BCUT2D eigenvalue weighted by molar-refractivity contribution is -0.108. The average molecular weight is 242 g/mol. The fourth-order valence-corrected chi connectivity index (χ4v) is 3.06. The molecule has 18 heavy (non-hydrogen) atoms. The van der Waals surface area contributed by atoms with Crippen LogP contribution in [-0.2, 0) is 11.3 Å². The smallest absolute Gasteiger partial charge is 0.120 e. The third kappa shape index (κ3) is 1.57. The van der Waals surface area contributed by atoms with E-state index in [1.54, 1.807) is 0 Å². The van der Waals surface area contributed by atoms with Crippen molar-refractivity contribution in [1.29, 1.82) is 0 Å². The maximum Gasteiger partial charge on any atom is 0.120 e. The Bertz CT molecular complexity index is 598. The van der Waals surface area contributed by atoms with Gasteiger partial charge in [0.15, 0.2) is 0 Å². The molecule has 0 saturated heterocycles. The molecule has 3 nitrogen and oxygen atoms in total. The second-order valence-corrected chi connectivity index (χ2v) is 5.39. The molecule has 0 amide bonds. The molecule has 3 heteroatoms. The lowest BCUT2D eigenvalue weighted by atomic mass is 10.00. The number of carbonyl (C=O) groups is 1. The second kappa shape index (κ2) is 4.23. The molecule has 94 valence electrons. The highest BCUT2D eigenvalue weighted by Gasteiger charge is 2.25. The number of nitrogens with zero attached hydrogens (tertiary/aromatic N) is 2. The minimum absolute atomic E-state index is 0.398. The Labute approximate surface area is 107 Å². The molecular weight excluding hydrogens is 224 g/mol. The largest absolute Gasteiger partial charge is 0.344 e. The van der Waals surface area contributed by atoms with E-state index in [-0.39, 0.29) is 0 Å². The van der Waals surface area contributed by atoms with Crippen LogP contribution in [0.2, 0.25) is 0 Å². The van der Waals surface area contributed by atoms with Crippen molar-refractivity contribution >= 4 is 17.2 Å². The predicted molar refractivity (Wildman–Crippen MR) is 71.9 cm³/mol. The van der Waals surface area contributed by atoms with Gasteiger partial charge in [-0.05, 0) is 24.5 Å². The van der Waals surface area contributed by atoms with Crippen LogP contribution in [0.3, 0.4) is 0 Å². The maximum atomic E-state index is 10.7. The molecule has 0 saturated carbocycles. The number of hydrogen-bond acceptors (Lipinski definition) is 2. The second-order valence-electron chi connectivity index (χ2n) is 5.39. The molecule has 1 atom stereocenters. The van der Waals surface area contributed by atoms with Crippen LogP contribution in [0.25, 0.3) is 10.9 Å². The zero-order valence-corrected chi connectivity index (χ0v) is 10.9. The van der Waals surface area contributed by atoms with Crippen LogP contribution in [0.5, 0.6) is 0 Å². The van der Waals surface area contributed by atoms with Crippen molar-refractivity contribution < 1.29 is 4.79 Å². The quantitative estimate of drug-likeness (QED) is 0.774. The van der Waals surface area contributed by atoms with Gasteiger partial charge in [-0.2, -0.15) is 0 Å². The summed E-state index contributed by atoms with van der Waals surface area (Å²) in [4.78, 5) is 15.2. The molecule has 0 spiro atoms. The van der Waals surface area contributed by atoms with Crippen LogP contribution in [0, 0.1) is 0 Å². The highest BCUT2D eigenvalue weighted by Crippen LogP contribution is 2.37. The summed E-state index contributed by atoms with van der Waals surface area (Å²) in [5.41, 5.74) is 3.75. The molecule has 0 bridgehead atoms. The summed E-state index contributed by atoms with van der Waals surface area (Å²) in [5.74, 6) is 0.830. The molecule has 2 aromatic heterocycles. The van der Waals surface area contributed by atoms with Gasteiger partial charge >= 0.3 is 0 Å². The highest BCUT2D eigenvalue weighted by molar-refractivity contribution is 5.84. The summed E-state index contributed by atoms with van der Waals surface area (Å²) in [6.07, 6.45) is 4.67. The molecule has 2 aromatic rings. The molecule has 1 unspecified atom stereocenters. The summed E-state index contributed by atoms with van der Waals surface area (Å²) in [6, 6.07) is 4.34. The van der Waals surface area contributed by atoms with E-state index < -0.39 is 0 Å². The molecule has 0 N–H and O–H groups in total. The number of aromatic nitrogens is 2. The van der Waals surface area contributed by atoms with E-state index in [1.807, 2.05) is 6.20 Å². The number of fused-ring (bicyclic) bond motifs is 3. The average Bonchev–Trinajstić information content (AvgIpc) is 2.89. The first-order chi connectivity index (χ1) is 8.72. The number of aryl methyl sites for hydroxylation is 1. The van der Waals surface area contributed by atoms with Crippen LogP contribution < -0.4 is 0 Å². The predicted octanol–water partition coefficient (Wildman–Crippen LogP) is 3.24. The van der Waals surface area contributed by atoms with E-state index in [0.717, 1.165) is 19.3 Å². The Morgan fingerprint density at radius 3 is 3.11 bits per heavy atom. The van der Waals surface area contributed by atoms with Crippen LogP contribution in [-0.4, -0.2) is 15.8 Å². The zero-order chi connectivity index (χ0) is 12.7. The first kappa shape index (κ1) is 11.5. The first-order valence-electron chi connectivity index (χ1n) is 6.64. The van der Waals surface area contributed by atoms with Crippen molar-refractivity contribution in [2.75, 3.05) is 0 Å². The number of carbonyl (C=O) groups excluding carboxylic acids is 1. The summed E-state index contributed by atoms with van der Waals surface area (Å²) >= 11 is 0. The van der Waals surface area contributed by atoms with Gasteiger partial charge in [-0.25, -0.2) is 0 Å². The van der Waals surface area contributed by atoms with Crippen molar-refractivity contribution in [1.82, 2.24) is 9.55 Å². The van der Waals surface area contributed by atoms with Gasteiger partial charge in [0, 0.05) is 36.2 Å². The molecule has 0 radical (unpaired) electrons. The van der Waals surface area contributed by atoms with Gasteiger partial charge in [0.05, 0.1) is 11.2 Å². The molecule has 0 aromatic carbocycles. The molecule has 0 fully saturated rings. The standard InChI is InChI=1S/C15H18N2O/c1-10(2)15-12-9-14-11(5-8-18)4-7-17(14)13(12)3-6-16-15/h3,6,8-11H,4-5,7H2,1-2H3. The molecule has 0 aliphatic carbocycles. The van der Waals surface area contributed by atoms with E-state index in [9.17, 15) is 4.79 Å². The van der Waals surface area contributed by atoms with Crippen molar-refractivity contribution in [3.63, 3.8) is 0 Å². The molecular formula is C15H18N2O. The highest BCUT2D eigenvalue weighted by atomic mass is 16.1. The van der Waals surface area contributed by atoms with E-state index in [4.69, 9.17) is 0 Å². The number of rotatable bonds is 3. The normalized spacial score (nSPS) is 18.5. The summed E-state index contributed by atoms with van der Waals surface area (Å²) in [7, 11) is 0. The third-order valence-electron chi connectivity index (χ3n) is 3.94. The Hall–Kier alpha value is -1.64. The van der Waals surface area contributed by atoms with Gasteiger partial charge in [-0.1, -0.05) is 13.8 Å². The third-order valence-corrected chi connectivity index (χ3v) is 3.94. The van der Waals surface area contributed by atoms with Gasteiger partial charge in [0.2, 0.25) is 0 Å². The fourth-order valence-electron chi connectivity index (χ4n) is 3.06. The number of pyridine rings is 1. The van der Waals surface area contributed by atoms with Crippen molar-refractivity contribution in [3.8, 4) is 0 Å². The van der Waals surface area contributed by atoms with E-state index in [1.165, 1.54) is 22.3 Å². The Balaban J connectivity index is 2.18. The van der Waals surface area contributed by atoms with Gasteiger partial charge < -0.3 is 9.36 Å². The zero-order valence-electron chi connectivity index (χ0n) is 10.9. The molecule has 1 aliphatic rings. The van der Waals surface area contributed by atoms with Gasteiger partial charge in [-0.15, -0.1) is 0 Å². The lowest BCUT2D eigenvalue weighted by Crippen LogP contribution is -1.95. The van der Waals surface area contributed by atoms with Gasteiger partial charge in [0.25, 0.3) is 0 Å². The van der Waals surface area contributed by atoms with E-state index >= 15 is 0 Å². The Morgan fingerprint density at radius 2 is 2.39 bits per heavy atom.